The van der Waals surface area contributed by atoms with E-state index in [2.05, 4.69) is 33.4 Å². The minimum Gasteiger partial charge on any atom is -0.705 e. The van der Waals surface area contributed by atoms with E-state index in [0.717, 1.165) is 34.9 Å². The number of halogens is 3. The maximum absolute atomic E-state index is 12.6. The molecule has 0 amide bonds. The van der Waals surface area contributed by atoms with Crippen molar-refractivity contribution in [2.45, 2.75) is 32.0 Å². The van der Waals surface area contributed by atoms with E-state index in [1.165, 1.54) is 40.8 Å². The Labute approximate surface area is 318 Å². The van der Waals surface area contributed by atoms with E-state index in [0.29, 0.717) is 11.4 Å². The van der Waals surface area contributed by atoms with Gasteiger partial charge in [0.2, 0.25) is 0 Å². The number of nitriles is 1. The van der Waals surface area contributed by atoms with Gasteiger partial charge in [-0.15, -0.1) is 17.0 Å². The molecule has 13 nitrogen and oxygen atoms in total. The molecule has 4 heterocycles. The molecular formula is C33H28F3N7O6RuS2. The van der Waals surface area contributed by atoms with Gasteiger partial charge in [-0.3, -0.25) is 9.97 Å². The number of aryl methyl sites for hydroxylation is 1. The first-order valence-electron chi connectivity index (χ1n) is 14.2. The van der Waals surface area contributed by atoms with Gasteiger partial charge in [-0.25, -0.2) is 19.6 Å². The number of carboxylic acid groups (broad SMARTS) is 3. The monoisotopic (exact) mass is 841 g/mol. The van der Waals surface area contributed by atoms with Crippen LogP contribution >= 0.6 is 11.3 Å². The van der Waals surface area contributed by atoms with Crippen molar-refractivity contribution >= 4 is 47.6 Å². The zero-order chi connectivity index (χ0) is 38.1. The predicted octanol–water partition coefficient (Wildman–Crippen LogP) is 7.53. The van der Waals surface area contributed by atoms with Crippen molar-refractivity contribution < 1.29 is 62.4 Å². The standard InChI is InChI=1S/C18H17N3O6.C14H11F3N3S.CHNS.Ru/c19-7-5-11(16(22)23)1-3-14(20)9-12(17(24)25)2-4-15-10-13(18(26)27)6-8-21-15;1-8-2-5-12(21-8)9-3-4-10(18-7-9)11-6-13(20-19-11)14(15,16)17;2-1-3;/h1-2,5-10,19-20H,3-4H2,(H,22,23)(H,24,25)(H,26,27);2-7,13,20H,1H3;3H;/q-2;-1;;+4/p-1/b7-5-,11-1+,12-2+,14-9-;;;. The normalized spacial score (nSPS) is 14.3. The van der Waals surface area contributed by atoms with Crippen LogP contribution in [0.5, 0.6) is 0 Å². The molecule has 1 aliphatic heterocycles. The van der Waals surface area contributed by atoms with Crippen molar-refractivity contribution in [1.82, 2.24) is 15.4 Å². The van der Waals surface area contributed by atoms with Crippen LogP contribution in [0, 0.1) is 17.6 Å². The van der Waals surface area contributed by atoms with Crippen molar-refractivity contribution in [3.8, 4) is 15.8 Å². The van der Waals surface area contributed by atoms with E-state index in [1.807, 2.05) is 25.1 Å². The largest absolute Gasteiger partial charge is 4.00 e. The molecular weight excluding hydrogens is 813 g/mol. The number of carbonyl (C=O) groups is 3. The number of aromatic nitrogens is 2. The molecule has 0 saturated carbocycles. The minimum absolute atomic E-state index is 0. The summed E-state index contributed by atoms with van der Waals surface area (Å²) in [5.41, 5.74) is 21.8. The average molecular weight is 841 g/mol. The summed E-state index contributed by atoms with van der Waals surface area (Å²) in [7, 11) is 0. The van der Waals surface area contributed by atoms with E-state index in [1.54, 1.807) is 23.6 Å². The molecule has 6 N–H and O–H groups in total. The van der Waals surface area contributed by atoms with Crippen molar-refractivity contribution in [2.75, 3.05) is 0 Å². The van der Waals surface area contributed by atoms with Crippen LogP contribution in [0.4, 0.5) is 13.2 Å². The molecule has 0 fully saturated rings. The predicted molar refractivity (Wildman–Crippen MR) is 186 cm³/mol. The van der Waals surface area contributed by atoms with Crippen molar-refractivity contribution in [3.05, 3.63) is 141 Å². The van der Waals surface area contributed by atoms with Crippen LogP contribution in [0.25, 0.3) is 33.0 Å². The average Bonchev–Trinajstić information content (AvgIpc) is 3.76. The number of nitrogens with one attached hydrogen (secondary N) is 3. The van der Waals surface area contributed by atoms with Crippen molar-refractivity contribution in [3.63, 3.8) is 0 Å². The Morgan fingerprint density at radius 1 is 1.10 bits per heavy atom. The van der Waals surface area contributed by atoms with Gasteiger partial charge in [0.15, 0.2) is 0 Å². The number of nitrogens with zero attached hydrogens (tertiary/aromatic N) is 4. The van der Waals surface area contributed by atoms with Gasteiger partial charge in [-0.2, -0.15) is 25.1 Å². The van der Waals surface area contributed by atoms with Crippen LogP contribution in [0.3, 0.4) is 0 Å². The number of hydrogen-bond acceptors (Lipinski definition) is 9. The molecule has 52 heavy (non-hydrogen) atoms. The molecule has 1 atom stereocenters. The Kier molecular flexibility index (Phi) is 18.6. The summed E-state index contributed by atoms with van der Waals surface area (Å²) in [5.74, 6) is -3.68. The topological polar surface area (TPSA) is 235 Å². The first-order valence-corrected chi connectivity index (χ1v) is 15.4. The second-order valence-corrected chi connectivity index (χ2v) is 11.4. The first kappa shape index (κ1) is 44.6. The second kappa shape index (κ2) is 21.7. The molecule has 0 aliphatic carbocycles. The van der Waals surface area contributed by atoms with Crippen LogP contribution in [0.15, 0.2) is 102 Å². The molecule has 1 unspecified atom stereocenters. The quantitative estimate of drug-likeness (QED) is 0.0484. The number of carboxylic acids is 3. The fourth-order valence-electron chi connectivity index (χ4n) is 3.89. The molecule has 19 heteroatoms. The molecule has 1 aliphatic rings. The van der Waals surface area contributed by atoms with Crippen LogP contribution < -0.4 is 5.43 Å². The molecule has 3 aromatic heterocycles. The summed E-state index contributed by atoms with van der Waals surface area (Å²) in [6, 6.07) is 8.42. The number of pyridine rings is 2. The molecule has 0 radical (unpaired) electrons. The Morgan fingerprint density at radius 2 is 1.77 bits per heavy atom. The summed E-state index contributed by atoms with van der Waals surface area (Å²) < 4.78 is 37.7. The van der Waals surface area contributed by atoms with Gasteiger partial charge in [0.05, 0.1) is 16.7 Å². The van der Waals surface area contributed by atoms with Crippen LogP contribution in [-0.2, 0) is 48.1 Å². The molecule has 0 spiro atoms. The number of aliphatic carboxylic acids is 2. The van der Waals surface area contributed by atoms with Crippen LogP contribution in [0.1, 0.15) is 33.0 Å². The smallest absolute Gasteiger partial charge is 0.705 e. The van der Waals surface area contributed by atoms with Gasteiger partial charge < -0.3 is 50.3 Å². The first-order chi connectivity index (χ1) is 24.1. The third-order valence-corrected chi connectivity index (χ3v) is 7.32. The zero-order valence-corrected chi connectivity index (χ0v) is 30.1. The number of hydrogen-bond donors (Lipinski definition) is 4. The van der Waals surface area contributed by atoms with Gasteiger partial charge in [0.25, 0.3) is 0 Å². The van der Waals surface area contributed by atoms with Crippen molar-refractivity contribution in [2.24, 2.45) is 0 Å². The molecule has 3 aromatic rings. The molecule has 4 rings (SSSR count). The van der Waals surface area contributed by atoms with E-state index in [-0.39, 0.29) is 60.4 Å². The summed E-state index contributed by atoms with van der Waals surface area (Å²) in [5, 5.41) is 35.6. The fraction of sp³-hybridized carbons (Fsp3) is 0.152. The maximum Gasteiger partial charge on any atom is 4.00 e. The van der Waals surface area contributed by atoms with E-state index >= 15 is 0 Å². The van der Waals surface area contributed by atoms with Crippen LogP contribution in [-0.4, -0.2) is 55.4 Å². The maximum atomic E-state index is 12.6. The van der Waals surface area contributed by atoms with E-state index < -0.39 is 30.1 Å². The van der Waals surface area contributed by atoms with Gasteiger partial charge in [0, 0.05) is 45.5 Å². The van der Waals surface area contributed by atoms with Gasteiger partial charge in [-0.05, 0) is 49.7 Å². The third kappa shape index (κ3) is 14.8. The minimum atomic E-state index is -4.35. The fourth-order valence-corrected chi connectivity index (χ4v) is 4.75. The number of allylic oxidation sites excluding steroid dienone is 2. The summed E-state index contributed by atoms with van der Waals surface area (Å²) in [6.07, 6.45) is 4.96. The molecule has 0 aromatic carbocycles. The number of thiophene rings is 1. The van der Waals surface area contributed by atoms with Crippen molar-refractivity contribution in [1.29, 1.82) is 5.26 Å². The summed E-state index contributed by atoms with van der Waals surface area (Å²) in [6.45, 7) is 2.02. The van der Waals surface area contributed by atoms with Gasteiger partial charge in [-0.1, -0.05) is 35.8 Å². The second-order valence-electron chi connectivity index (χ2n) is 9.93. The summed E-state index contributed by atoms with van der Waals surface area (Å²) in [4.78, 5) is 43.6. The number of aromatic carboxylic acids is 1. The summed E-state index contributed by atoms with van der Waals surface area (Å²) >= 11 is 5.34. The Hall–Kier alpha value is -5.41. The SMILES string of the molecule is Cc1ccc(-c2ccc(C3=CC(C(F)(F)F)N[N-]3)nc2)s1.N#C[S-].[NH-]/C=C\C(=C/C/C([NH-])=C/C(=C\Cc1cc(C(=O)O)ccn1)C(=O)O)C(=O)O.[Ru+4]. The molecule has 0 saturated heterocycles. The van der Waals surface area contributed by atoms with E-state index in [9.17, 15) is 32.7 Å². The Morgan fingerprint density at radius 3 is 2.27 bits per heavy atom. The van der Waals surface area contributed by atoms with Gasteiger partial charge >= 0.3 is 43.6 Å². The molecule has 272 valence electrons. The zero-order valence-electron chi connectivity index (χ0n) is 26.7. The third-order valence-electron chi connectivity index (χ3n) is 6.28. The van der Waals surface area contributed by atoms with Gasteiger partial charge in [0.1, 0.15) is 6.04 Å². The van der Waals surface area contributed by atoms with E-state index in [4.69, 9.17) is 26.9 Å². The van der Waals surface area contributed by atoms with Crippen LogP contribution in [0.2, 0.25) is 0 Å². The number of rotatable bonds is 11. The number of thiocyanates is 1. The molecule has 0 bridgehead atoms. The Bertz CT molecular complexity index is 1900. The Balaban J connectivity index is 0.000000484. The number of alkyl halides is 3.